The van der Waals surface area contributed by atoms with E-state index < -0.39 is 17.6 Å². The van der Waals surface area contributed by atoms with E-state index in [1.807, 2.05) is 4.57 Å². The Bertz CT molecular complexity index is 692. The Morgan fingerprint density at radius 3 is 2.64 bits per heavy atom. The lowest BCUT2D eigenvalue weighted by Gasteiger charge is -2.27. The smallest absolute Gasteiger partial charge is 0.388 e. The first-order valence-corrected chi connectivity index (χ1v) is 6.92. The molecule has 1 saturated carbocycles. The number of aliphatic hydroxyl groups is 1. The molecule has 1 fully saturated rings. The number of imidazole rings is 1. The van der Waals surface area contributed by atoms with Gasteiger partial charge >= 0.3 is 6.18 Å². The molecule has 2 aromatic heterocycles. The summed E-state index contributed by atoms with van der Waals surface area (Å²) in [6, 6.07) is 1.20. The third-order valence-corrected chi connectivity index (χ3v) is 3.94. The predicted octanol–water partition coefficient (Wildman–Crippen LogP) is 2.76. The highest BCUT2D eigenvalue weighted by Gasteiger charge is 2.34. The fourth-order valence-electron chi connectivity index (χ4n) is 2.51. The summed E-state index contributed by atoms with van der Waals surface area (Å²) in [7, 11) is 0. The van der Waals surface area contributed by atoms with Gasteiger partial charge in [0.1, 0.15) is 18.2 Å². The number of aromatic nitrogens is 3. The maximum atomic E-state index is 12.9. The second-order valence-corrected chi connectivity index (χ2v) is 5.35. The maximum Gasteiger partial charge on any atom is 0.419 e. The minimum atomic E-state index is -4.57. The molecule has 0 aliphatic heterocycles. The molecule has 1 aliphatic rings. The molecule has 5 nitrogen and oxygen atoms in total. The number of hydrogen-bond donors (Lipinski definition) is 2. The Kier molecular flexibility index (Phi) is 3.56. The fraction of sp³-hybridized carbons (Fsp3) is 0.429. The van der Waals surface area contributed by atoms with Gasteiger partial charge in [-0.05, 0) is 25.3 Å². The van der Waals surface area contributed by atoms with Gasteiger partial charge in [0.2, 0.25) is 0 Å². The number of pyridine rings is 1. The summed E-state index contributed by atoms with van der Waals surface area (Å²) in [5.74, 6) is -0.109. The van der Waals surface area contributed by atoms with E-state index in [9.17, 15) is 18.3 Å². The van der Waals surface area contributed by atoms with Crippen LogP contribution in [-0.2, 0) is 12.8 Å². The lowest BCUT2D eigenvalue weighted by Crippen LogP contribution is -2.18. The number of hydrogen-bond acceptors (Lipinski definition) is 4. The Morgan fingerprint density at radius 2 is 2.09 bits per heavy atom. The van der Waals surface area contributed by atoms with Crippen molar-refractivity contribution < 1.29 is 18.3 Å². The molecule has 0 atom stereocenters. The first kappa shape index (κ1) is 14.8. The summed E-state index contributed by atoms with van der Waals surface area (Å²) in [6.45, 7) is -0.259. The second kappa shape index (κ2) is 5.28. The van der Waals surface area contributed by atoms with Crippen LogP contribution in [0.1, 0.15) is 36.7 Å². The van der Waals surface area contributed by atoms with Gasteiger partial charge < -0.3 is 15.4 Å². The number of alkyl halides is 3. The molecule has 0 radical (unpaired) electrons. The number of nitrogen functional groups attached to an aromatic ring is 1. The highest BCUT2D eigenvalue weighted by Crippen LogP contribution is 2.37. The van der Waals surface area contributed by atoms with Crippen molar-refractivity contribution in [2.24, 2.45) is 0 Å². The zero-order valence-corrected chi connectivity index (χ0v) is 11.6. The SMILES string of the molecule is Nc1ncc(-c2cn(C3CCC3)c(CO)n2)cc1C(F)(F)F. The van der Waals surface area contributed by atoms with Crippen LogP contribution < -0.4 is 5.73 Å². The number of aliphatic hydroxyl groups excluding tert-OH is 1. The summed E-state index contributed by atoms with van der Waals surface area (Å²) in [4.78, 5) is 7.83. The lowest BCUT2D eigenvalue weighted by atomic mass is 9.93. The normalized spacial score (nSPS) is 15.8. The maximum absolute atomic E-state index is 12.9. The molecule has 0 bridgehead atoms. The van der Waals surface area contributed by atoms with Gasteiger partial charge in [-0.15, -0.1) is 0 Å². The summed E-state index contributed by atoms with van der Waals surface area (Å²) < 4.78 is 40.5. The Morgan fingerprint density at radius 1 is 1.36 bits per heavy atom. The molecule has 8 heteroatoms. The third-order valence-electron chi connectivity index (χ3n) is 3.94. The highest BCUT2D eigenvalue weighted by atomic mass is 19.4. The molecule has 3 rings (SSSR count). The Balaban J connectivity index is 2.02. The van der Waals surface area contributed by atoms with E-state index >= 15 is 0 Å². The Hall–Kier alpha value is -2.09. The van der Waals surface area contributed by atoms with Crippen LogP contribution in [0.3, 0.4) is 0 Å². The van der Waals surface area contributed by atoms with E-state index in [2.05, 4.69) is 9.97 Å². The summed E-state index contributed by atoms with van der Waals surface area (Å²) in [5.41, 5.74) is 4.91. The van der Waals surface area contributed by atoms with Gasteiger partial charge in [0.15, 0.2) is 0 Å². The van der Waals surface area contributed by atoms with E-state index in [-0.39, 0.29) is 18.2 Å². The van der Waals surface area contributed by atoms with Gasteiger partial charge in [0, 0.05) is 24.0 Å². The van der Waals surface area contributed by atoms with Crippen LogP contribution >= 0.6 is 0 Å². The number of rotatable bonds is 3. The molecular weight excluding hydrogens is 297 g/mol. The average Bonchev–Trinajstić information content (AvgIpc) is 2.79. The average molecular weight is 312 g/mol. The van der Waals surface area contributed by atoms with E-state index in [0.29, 0.717) is 11.5 Å². The van der Waals surface area contributed by atoms with Crippen LogP contribution in [0.4, 0.5) is 19.0 Å². The van der Waals surface area contributed by atoms with Crippen molar-refractivity contribution in [3.8, 4) is 11.3 Å². The standard InChI is InChI=1S/C14H15F3N4O/c15-14(16,17)10-4-8(5-19-13(10)18)11-6-21(9-2-1-3-9)12(7-22)20-11/h4-6,9,22H,1-3,7H2,(H2,18,19). The van der Waals surface area contributed by atoms with Crippen molar-refractivity contribution in [1.82, 2.24) is 14.5 Å². The van der Waals surface area contributed by atoms with Crippen molar-refractivity contribution in [2.75, 3.05) is 5.73 Å². The van der Waals surface area contributed by atoms with Crippen LogP contribution in [0.25, 0.3) is 11.3 Å². The molecule has 1 aliphatic carbocycles. The molecule has 0 aromatic carbocycles. The largest absolute Gasteiger partial charge is 0.419 e. The number of halogens is 3. The molecule has 0 saturated heterocycles. The molecule has 0 unspecified atom stereocenters. The zero-order chi connectivity index (χ0) is 15.9. The molecule has 22 heavy (non-hydrogen) atoms. The molecule has 0 amide bonds. The van der Waals surface area contributed by atoms with E-state index in [0.717, 1.165) is 25.3 Å². The molecule has 2 aromatic rings. The molecule has 2 heterocycles. The van der Waals surface area contributed by atoms with Crippen LogP contribution in [-0.4, -0.2) is 19.6 Å². The van der Waals surface area contributed by atoms with Gasteiger partial charge in [-0.2, -0.15) is 13.2 Å². The molecular formula is C14H15F3N4O. The van der Waals surface area contributed by atoms with Crippen molar-refractivity contribution in [2.45, 2.75) is 38.1 Å². The topological polar surface area (TPSA) is 77.0 Å². The fourth-order valence-corrected chi connectivity index (χ4v) is 2.51. The van der Waals surface area contributed by atoms with Gasteiger partial charge in [0.25, 0.3) is 0 Å². The van der Waals surface area contributed by atoms with Crippen LogP contribution in [0.5, 0.6) is 0 Å². The summed E-state index contributed by atoms with van der Waals surface area (Å²) in [6.07, 6.45) is 1.43. The minimum Gasteiger partial charge on any atom is -0.388 e. The predicted molar refractivity (Wildman–Crippen MR) is 73.7 cm³/mol. The van der Waals surface area contributed by atoms with Gasteiger partial charge in [-0.3, -0.25) is 0 Å². The highest BCUT2D eigenvalue weighted by molar-refractivity contribution is 5.62. The second-order valence-electron chi connectivity index (χ2n) is 5.35. The summed E-state index contributed by atoms with van der Waals surface area (Å²) in [5, 5.41) is 9.38. The van der Waals surface area contributed by atoms with Crippen molar-refractivity contribution in [3.63, 3.8) is 0 Å². The molecule has 118 valence electrons. The van der Waals surface area contributed by atoms with Crippen molar-refractivity contribution >= 4 is 5.82 Å². The molecule has 3 N–H and O–H groups in total. The van der Waals surface area contributed by atoms with Gasteiger partial charge in [-0.25, -0.2) is 9.97 Å². The third kappa shape index (κ3) is 2.54. The monoisotopic (exact) mass is 312 g/mol. The van der Waals surface area contributed by atoms with E-state index in [1.165, 1.54) is 6.20 Å². The lowest BCUT2D eigenvalue weighted by molar-refractivity contribution is -0.137. The van der Waals surface area contributed by atoms with E-state index in [1.54, 1.807) is 6.20 Å². The van der Waals surface area contributed by atoms with E-state index in [4.69, 9.17) is 5.73 Å². The first-order chi connectivity index (χ1) is 10.4. The minimum absolute atomic E-state index is 0.231. The number of anilines is 1. The summed E-state index contributed by atoms with van der Waals surface area (Å²) >= 11 is 0. The van der Waals surface area contributed by atoms with Crippen molar-refractivity contribution in [3.05, 3.63) is 29.8 Å². The van der Waals surface area contributed by atoms with Gasteiger partial charge in [0.05, 0.1) is 11.3 Å². The van der Waals surface area contributed by atoms with Crippen LogP contribution in [0.2, 0.25) is 0 Å². The van der Waals surface area contributed by atoms with Crippen molar-refractivity contribution in [1.29, 1.82) is 0 Å². The Labute approximate surface area is 124 Å². The van der Waals surface area contributed by atoms with Gasteiger partial charge in [-0.1, -0.05) is 0 Å². The number of nitrogens with zero attached hydrogens (tertiary/aromatic N) is 3. The van der Waals surface area contributed by atoms with Crippen LogP contribution in [0, 0.1) is 0 Å². The molecule has 0 spiro atoms. The zero-order valence-electron chi connectivity index (χ0n) is 11.6. The quantitative estimate of drug-likeness (QED) is 0.913. The number of nitrogens with two attached hydrogens (primary N) is 1. The first-order valence-electron chi connectivity index (χ1n) is 6.92. The van der Waals surface area contributed by atoms with Crippen LogP contribution in [0.15, 0.2) is 18.5 Å².